The molecule has 1 unspecified atom stereocenters. The largest absolute Gasteiger partial charge is 0.496 e. The Morgan fingerprint density at radius 2 is 1.95 bits per heavy atom. The fourth-order valence-corrected chi connectivity index (χ4v) is 2.53. The number of para-hydroxylation sites is 1. The Bertz CT molecular complexity index is 766. The van der Waals surface area contributed by atoms with E-state index in [9.17, 15) is 4.39 Å². The summed E-state index contributed by atoms with van der Waals surface area (Å²) in [5.41, 5.74) is 1.64. The molecule has 4 heteroatoms. The van der Waals surface area contributed by atoms with Gasteiger partial charge in [-0.15, -0.1) is 0 Å². The van der Waals surface area contributed by atoms with Crippen molar-refractivity contribution in [2.24, 2.45) is 0 Å². The number of hydrogen-bond donors (Lipinski definition) is 1. The molecule has 0 aliphatic carbocycles. The smallest absolute Gasteiger partial charge is 0.134 e. The molecule has 1 N–H and O–H groups in total. The molecule has 1 atom stereocenters. The fourth-order valence-electron chi connectivity index (χ4n) is 2.53. The van der Waals surface area contributed by atoms with Gasteiger partial charge in [-0.3, -0.25) is 0 Å². The van der Waals surface area contributed by atoms with Crippen LogP contribution in [-0.4, -0.2) is 14.2 Å². The standard InChI is InChI=1S/C17H16FNO2/c1-19-17(13-5-3-4-6-15(13)20-2)16-10-11-9-12(18)7-8-14(11)21-16/h3-10,17,19H,1-2H3. The van der Waals surface area contributed by atoms with Crippen molar-refractivity contribution in [3.05, 3.63) is 65.7 Å². The Balaban J connectivity index is 2.09. The van der Waals surface area contributed by atoms with Crippen LogP contribution in [0, 0.1) is 5.82 Å². The Hall–Kier alpha value is -2.33. The zero-order valence-electron chi connectivity index (χ0n) is 11.9. The van der Waals surface area contributed by atoms with Gasteiger partial charge in [0.25, 0.3) is 0 Å². The number of methoxy groups -OCH3 is 1. The minimum atomic E-state index is -0.270. The van der Waals surface area contributed by atoms with Gasteiger partial charge < -0.3 is 14.5 Å². The first kappa shape index (κ1) is 13.6. The molecule has 1 aromatic heterocycles. The lowest BCUT2D eigenvalue weighted by Crippen LogP contribution is -2.17. The summed E-state index contributed by atoms with van der Waals surface area (Å²) in [6.07, 6.45) is 0. The van der Waals surface area contributed by atoms with Crippen LogP contribution in [-0.2, 0) is 0 Å². The number of ether oxygens (including phenoxy) is 1. The zero-order valence-corrected chi connectivity index (χ0v) is 11.9. The lowest BCUT2D eigenvalue weighted by Gasteiger charge is -2.17. The first-order valence-corrected chi connectivity index (χ1v) is 6.72. The van der Waals surface area contributed by atoms with Crippen molar-refractivity contribution in [2.75, 3.05) is 14.2 Å². The number of benzene rings is 2. The predicted octanol–water partition coefficient (Wildman–Crippen LogP) is 3.89. The van der Waals surface area contributed by atoms with Crippen LogP contribution in [0.5, 0.6) is 5.75 Å². The fraction of sp³-hybridized carbons (Fsp3) is 0.176. The molecule has 21 heavy (non-hydrogen) atoms. The highest BCUT2D eigenvalue weighted by Crippen LogP contribution is 2.32. The van der Waals surface area contributed by atoms with E-state index in [1.807, 2.05) is 37.4 Å². The van der Waals surface area contributed by atoms with Crippen molar-refractivity contribution >= 4 is 11.0 Å². The lowest BCUT2D eigenvalue weighted by atomic mass is 10.0. The highest BCUT2D eigenvalue weighted by Gasteiger charge is 2.20. The second kappa shape index (κ2) is 5.58. The minimum Gasteiger partial charge on any atom is -0.496 e. The van der Waals surface area contributed by atoms with E-state index < -0.39 is 0 Å². The third-order valence-corrected chi connectivity index (χ3v) is 3.52. The molecule has 0 bridgehead atoms. The maximum absolute atomic E-state index is 13.3. The molecule has 2 aromatic carbocycles. The Morgan fingerprint density at radius 3 is 2.71 bits per heavy atom. The maximum Gasteiger partial charge on any atom is 0.134 e. The molecule has 0 saturated heterocycles. The second-order valence-corrected chi connectivity index (χ2v) is 4.79. The van der Waals surface area contributed by atoms with E-state index in [1.165, 1.54) is 12.1 Å². The second-order valence-electron chi connectivity index (χ2n) is 4.79. The number of hydrogen-bond acceptors (Lipinski definition) is 3. The number of rotatable bonds is 4. The highest BCUT2D eigenvalue weighted by atomic mass is 19.1. The van der Waals surface area contributed by atoms with E-state index in [-0.39, 0.29) is 11.9 Å². The van der Waals surface area contributed by atoms with E-state index in [1.54, 1.807) is 13.2 Å². The van der Waals surface area contributed by atoms with Gasteiger partial charge in [0, 0.05) is 10.9 Å². The van der Waals surface area contributed by atoms with E-state index in [0.717, 1.165) is 22.5 Å². The van der Waals surface area contributed by atoms with Crippen LogP contribution in [0.2, 0.25) is 0 Å². The summed E-state index contributed by atoms with van der Waals surface area (Å²) in [7, 11) is 3.49. The first-order valence-electron chi connectivity index (χ1n) is 6.72. The van der Waals surface area contributed by atoms with Crippen LogP contribution in [0.1, 0.15) is 17.4 Å². The summed E-state index contributed by atoms with van der Waals surface area (Å²) in [6, 6.07) is 14.0. The SMILES string of the molecule is CNC(c1cc2cc(F)ccc2o1)c1ccccc1OC. The van der Waals surface area contributed by atoms with Crippen molar-refractivity contribution in [3.63, 3.8) is 0 Å². The monoisotopic (exact) mass is 285 g/mol. The van der Waals surface area contributed by atoms with E-state index in [4.69, 9.17) is 9.15 Å². The molecule has 3 aromatic rings. The topological polar surface area (TPSA) is 34.4 Å². The quantitative estimate of drug-likeness (QED) is 0.789. The summed E-state index contributed by atoms with van der Waals surface area (Å²) < 4.78 is 24.5. The Kier molecular flexibility index (Phi) is 3.62. The van der Waals surface area contributed by atoms with Crippen molar-refractivity contribution < 1.29 is 13.5 Å². The molecule has 3 nitrogen and oxygen atoms in total. The van der Waals surface area contributed by atoms with Gasteiger partial charge in [0.2, 0.25) is 0 Å². The molecule has 0 aliphatic heterocycles. The third kappa shape index (κ3) is 2.50. The van der Waals surface area contributed by atoms with Crippen LogP contribution in [0.3, 0.4) is 0 Å². The molecule has 0 amide bonds. The first-order chi connectivity index (χ1) is 10.2. The van der Waals surface area contributed by atoms with Crippen LogP contribution < -0.4 is 10.1 Å². The van der Waals surface area contributed by atoms with Crippen LogP contribution >= 0.6 is 0 Å². The summed E-state index contributed by atoms with van der Waals surface area (Å²) >= 11 is 0. The van der Waals surface area contributed by atoms with Gasteiger partial charge in [0.05, 0.1) is 13.2 Å². The maximum atomic E-state index is 13.3. The number of nitrogens with one attached hydrogen (secondary N) is 1. The molecule has 0 saturated carbocycles. The highest BCUT2D eigenvalue weighted by molar-refractivity contribution is 5.78. The molecule has 0 spiro atoms. The van der Waals surface area contributed by atoms with E-state index >= 15 is 0 Å². The molecule has 0 aliphatic rings. The van der Waals surface area contributed by atoms with Gasteiger partial charge in [-0.05, 0) is 37.4 Å². The van der Waals surface area contributed by atoms with E-state index in [0.29, 0.717) is 5.58 Å². The van der Waals surface area contributed by atoms with Gasteiger partial charge in [0.1, 0.15) is 22.9 Å². The molecule has 108 valence electrons. The molecular formula is C17H16FNO2. The predicted molar refractivity (Wildman–Crippen MR) is 80.1 cm³/mol. The van der Waals surface area contributed by atoms with Gasteiger partial charge >= 0.3 is 0 Å². The lowest BCUT2D eigenvalue weighted by molar-refractivity contribution is 0.399. The number of halogens is 1. The van der Waals surface area contributed by atoms with Crippen molar-refractivity contribution in [1.29, 1.82) is 0 Å². The normalized spacial score (nSPS) is 12.5. The van der Waals surface area contributed by atoms with Gasteiger partial charge in [-0.25, -0.2) is 4.39 Å². The summed E-state index contributed by atoms with van der Waals surface area (Å²) in [6.45, 7) is 0. The average molecular weight is 285 g/mol. The molecule has 3 rings (SSSR count). The summed E-state index contributed by atoms with van der Waals surface area (Å²) in [4.78, 5) is 0. The molecule has 1 heterocycles. The van der Waals surface area contributed by atoms with Crippen molar-refractivity contribution in [1.82, 2.24) is 5.32 Å². The molecular weight excluding hydrogens is 269 g/mol. The van der Waals surface area contributed by atoms with Crippen LogP contribution in [0.15, 0.2) is 52.9 Å². The molecule has 0 radical (unpaired) electrons. The minimum absolute atomic E-state index is 0.156. The van der Waals surface area contributed by atoms with Crippen LogP contribution in [0.4, 0.5) is 4.39 Å². The number of furan rings is 1. The summed E-state index contributed by atoms with van der Waals surface area (Å²) in [5.74, 6) is 1.24. The summed E-state index contributed by atoms with van der Waals surface area (Å²) in [5, 5.41) is 3.97. The van der Waals surface area contributed by atoms with Crippen molar-refractivity contribution in [3.8, 4) is 5.75 Å². The number of fused-ring (bicyclic) bond motifs is 1. The Morgan fingerprint density at radius 1 is 1.14 bits per heavy atom. The van der Waals surface area contributed by atoms with E-state index in [2.05, 4.69) is 5.32 Å². The zero-order chi connectivity index (χ0) is 14.8. The van der Waals surface area contributed by atoms with Crippen molar-refractivity contribution in [2.45, 2.75) is 6.04 Å². The van der Waals surface area contributed by atoms with Gasteiger partial charge in [-0.1, -0.05) is 18.2 Å². The third-order valence-electron chi connectivity index (χ3n) is 3.52. The van der Waals surface area contributed by atoms with Gasteiger partial charge in [0.15, 0.2) is 0 Å². The molecule has 0 fully saturated rings. The Labute approximate surface area is 122 Å². The average Bonchev–Trinajstić information content (AvgIpc) is 2.91. The van der Waals surface area contributed by atoms with Gasteiger partial charge in [-0.2, -0.15) is 0 Å². The van der Waals surface area contributed by atoms with Crippen LogP contribution in [0.25, 0.3) is 11.0 Å².